The number of carbonyl (C=O) groups excluding carboxylic acids is 3. The van der Waals surface area contributed by atoms with Crippen molar-refractivity contribution >= 4 is 50.9 Å². The van der Waals surface area contributed by atoms with Crippen molar-refractivity contribution in [2.75, 3.05) is 0 Å². The number of fused-ring (bicyclic) bond motifs is 4. The van der Waals surface area contributed by atoms with Crippen molar-refractivity contribution < 1.29 is 19.1 Å². The number of benzene rings is 2. The fourth-order valence-electron chi connectivity index (χ4n) is 5.81. The molecular formula is C30H30N4O4. The van der Waals surface area contributed by atoms with Gasteiger partial charge in [-0.25, -0.2) is 4.79 Å². The van der Waals surface area contributed by atoms with Gasteiger partial charge in [-0.15, -0.1) is 0 Å². The van der Waals surface area contributed by atoms with Crippen molar-refractivity contribution in [3.8, 4) is 0 Å². The Morgan fingerprint density at radius 2 is 1.63 bits per heavy atom. The summed E-state index contributed by atoms with van der Waals surface area (Å²) in [6.45, 7) is 6.06. The van der Waals surface area contributed by atoms with Gasteiger partial charge in [0.05, 0.1) is 17.2 Å². The lowest BCUT2D eigenvalue weighted by molar-refractivity contribution is -0.122. The summed E-state index contributed by atoms with van der Waals surface area (Å²) < 4.78 is 9.61. The molecule has 8 heteroatoms. The summed E-state index contributed by atoms with van der Waals surface area (Å²) in [5, 5.41) is 7.40. The number of amides is 3. The second-order valence-electron chi connectivity index (χ2n) is 11.0. The predicted octanol–water partition coefficient (Wildman–Crippen LogP) is 4.54. The number of aryl methyl sites for hydroxylation is 1. The van der Waals surface area contributed by atoms with E-state index >= 15 is 0 Å². The number of imide groups is 1. The van der Waals surface area contributed by atoms with Crippen LogP contribution in [0.25, 0.3) is 33.0 Å². The molecule has 2 aliphatic rings. The molecule has 0 saturated carbocycles. The number of hydrogen-bond donors (Lipinski definition) is 2. The van der Waals surface area contributed by atoms with E-state index in [1.807, 2.05) is 87.1 Å². The lowest BCUT2D eigenvalue weighted by Crippen LogP contribution is -2.43. The zero-order chi connectivity index (χ0) is 26.8. The van der Waals surface area contributed by atoms with Crippen LogP contribution in [0.1, 0.15) is 44.0 Å². The van der Waals surface area contributed by atoms with E-state index in [4.69, 9.17) is 4.74 Å². The first-order valence-corrected chi connectivity index (χ1v) is 12.9. The van der Waals surface area contributed by atoms with Crippen molar-refractivity contribution in [3.05, 3.63) is 71.5 Å². The van der Waals surface area contributed by atoms with E-state index in [9.17, 15) is 14.4 Å². The molecule has 2 aromatic carbocycles. The lowest BCUT2D eigenvalue weighted by atomic mass is 9.92. The van der Waals surface area contributed by atoms with E-state index in [0.29, 0.717) is 30.5 Å². The number of ether oxygens (including phenoxy) is 1. The van der Waals surface area contributed by atoms with Crippen molar-refractivity contribution in [3.63, 3.8) is 0 Å². The second-order valence-corrected chi connectivity index (χ2v) is 11.0. The van der Waals surface area contributed by atoms with Gasteiger partial charge >= 0.3 is 6.09 Å². The van der Waals surface area contributed by atoms with Gasteiger partial charge in [0.25, 0.3) is 11.8 Å². The molecule has 6 rings (SSSR count). The van der Waals surface area contributed by atoms with Crippen molar-refractivity contribution in [1.29, 1.82) is 0 Å². The van der Waals surface area contributed by atoms with E-state index in [-0.39, 0.29) is 17.9 Å². The molecule has 8 nitrogen and oxygen atoms in total. The molecule has 1 atom stereocenters. The molecule has 0 fully saturated rings. The summed E-state index contributed by atoms with van der Waals surface area (Å²) in [6, 6.07) is 15.7. The standard InChI is InChI=1S/C30H30N4O4/c1-30(2,3)38-29(37)31-17-13-14-23-24(19-10-6-8-12-22(19)34(23)15-17)26-25(27(35)32-28(26)36)20-16-33(4)21-11-7-5-9-18(20)21/h5-12,16-17H,13-15H2,1-4H3,(H,31,37)(H,32,35,36). The number of nitrogens with one attached hydrogen (secondary N) is 2. The van der Waals surface area contributed by atoms with Crippen LogP contribution in [0.2, 0.25) is 0 Å². The molecular weight excluding hydrogens is 480 g/mol. The number of para-hydroxylation sites is 2. The third-order valence-electron chi connectivity index (χ3n) is 7.28. The van der Waals surface area contributed by atoms with E-state index in [2.05, 4.69) is 15.2 Å². The molecule has 2 N–H and O–H groups in total. The van der Waals surface area contributed by atoms with Crippen molar-refractivity contribution in [2.45, 2.75) is 51.8 Å². The summed E-state index contributed by atoms with van der Waals surface area (Å²) in [5.74, 6) is -0.767. The zero-order valence-corrected chi connectivity index (χ0v) is 21.9. The van der Waals surface area contributed by atoms with E-state index < -0.39 is 11.7 Å². The van der Waals surface area contributed by atoms with E-state index in [1.54, 1.807) is 0 Å². The predicted molar refractivity (Wildman–Crippen MR) is 146 cm³/mol. The Labute approximate surface area is 220 Å². The topological polar surface area (TPSA) is 94.4 Å². The van der Waals surface area contributed by atoms with Gasteiger partial charge in [-0.2, -0.15) is 0 Å². The monoisotopic (exact) mass is 510 g/mol. The van der Waals surface area contributed by atoms with E-state index in [0.717, 1.165) is 38.6 Å². The SMILES string of the molecule is Cn1cc(C2=C(c3c4n(c5ccccc35)CC(NC(=O)OC(C)(C)C)CC4)C(=O)NC2=O)c2ccccc21. The first-order chi connectivity index (χ1) is 18.1. The minimum atomic E-state index is -0.579. The maximum atomic E-state index is 13.4. The third-order valence-corrected chi connectivity index (χ3v) is 7.28. The molecule has 0 spiro atoms. The highest BCUT2D eigenvalue weighted by Gasteiger charge is 2.38. The molecule has 4 heterocycles. The first kappa shape index (κ1) is 24.0. The Morgan fingerprint density at radius 1 is 0.974 bits per heavy atom. The molecule has 4 aromatic rings. The highest BCUT2D eigenvalue weighted by molar-refractivity contribution is 6.51. The molecule has 0 aliphatic carbocycles. The number of hydrogen-bond acceptors (Lipinski definition) is 4. The van der Waals surface area contributed by atoms with Gasteiger partial charge in [-0.1, -0.05) is 36.4 Å². The molecule has 194 valence electrons. The maximum absolute atomic E-state index is 13.4. The summed E-state index contributed by atoms with van der Waals surface area (Å²) >= 11 is 0. The second kappa shape index (κ2) is 8.62. The largest absolute Gasteiger partial charge is 0.444 e. The quantitative estimate of drug-likeness (QED) is 0.396. The van der Waals surface area contributed by atoms with Crippen LogP contribution in [0.5, 0.6) is 0 Å². The highest BCUT2D eigenvalue weighted by atomic mass is 16.6. The van der Waals surface area contributed by atoms with Crippen LogP contribution in [-0.4, -0.2) is 38.7 Å². The number of rotatable bonds is 3. The van der Waals surface area contributed by atoms with Crippen LogP contribution < -0.4 is 10.6 Å². The lowest BCUT2D eigenvalue weighted by Gasteiger charge is -2.28. The number of nitrogens with zero attached hydrogens (tertiary/aromatic N) is 2. The molecule has 0 bridgehead atoms. The molecule has 0 saturated heterocycles. The summed E-state index contributed by atoms with van der Waals surface area (Å²) in [7, 11) is 1.94. The Morgan fingerprint density at radius 3 is 2.37 bits per heavy atom. The fraction of sp³-hybridized carbons (Fsp3) is 0.300. The molecule has 2 aromatic heterocycles. The van der Waals surface area contributed by atoms with Crippen LogP contribution in [0.15, 0.2) is 54.7 Å². The molecule has 3 amide bonds. The van der Waals surface area contributed by atoms with Crippen LogP contribution in [0.4, 0.5) is 4.79 Å². The Kier molecular flexibility index (Phi) is 5.45. The van der Waals surface area contributed by atoms with Gasteiger partial charge in [0.2, 0.25) is 0 Å². The van der Waals surface area contributed by atoms with Gasteiger partial charge in [0.1, 0.15) is 5.60 Å². The average molecular weight is 511 g/mol. The Balaban J connectivity index is 1.50. The van der Waals surface area contributed by atoms with E-state index in [1.165, 1.54) is 0 Å². The first-order valence-electron chi connectivity index (χ1n) is 12.9. The van der Waals surface area contributed by atoms with Crippen molar-refractivity contribution in [1.82, 2.24) is 19.8 Å². The normalized spacial score (nSPS) is 17.7. The number of carbonyl (C=O) groups is 3. The average Bonchev–Trinajstić information content (AvgIpc) is 3.46. The number of alkyl carbamates (subject to hydrolysis) is 1. The van der Waals surface area contributed by atoms with Crippen LogP contribution in [-0.2, 0) is 34.3 Å². The van der Waals surface area contributed by atoms with Gasteiger partial charge in [0, 0.05) is 58.4 Å². The van der Waals surface area contributed by atoms with Crippen LogP contribution in [0.3, 0.4) is 0 Å². The minimum absolute atomic E-state index is 0.119. The minimum Gasteiger partial charge on any atom is -0.444 e. The van der Waals surface area contributed by atoms with Gasteiger partial charge in [-0.05, 0) is 45.7 Å². The van der Waals surface area contributed by atoms with Gasteiger partial charge in [0.15, 0.2) is 0 Å². The van der Waals surface area contributed by atoms with Crippen molar-refractivity contribution in [2.24, 2.45) is 7.05 Å². The molecule has 1 unspecified atom stereocenters. The molecule has 38 heavy (non-hydrogen) atoms. The molecule has 2 aliphatic heterocycles. The molecule has 0 radical (unpaired) electrons. The summed E-state index contributed by atoms with van der Waals surface area (Å²) in [5.41, 5.74) is 4.71. The zero-order valence-electron chi connectivity index (χ0n) is 21.9. The third kappa shape index (κ3) is 3.88. The van der Waals surface area contributed by atoms with Crippen LogP contribution in [0, 0.1) is 0 Å². The smallest absolute Gasteiger partial charge is 0.407 e. The summed E-state index contributed by atoms with van der Waals surface area (Å²) in [6.07, 6.45) is 2.81. The Hall–Kier alpha value is -4.33. The maximum Gasteiger partial charge on any atom is 0.407 e. The number of aromatic nitrogens is 2. The fourth-order valence-corrected chi connectivity index (χ4v) is 5.81. The Bertz CT molecular complexity index is 1680. The highest BCUT2D eigenvalue weighted by Crippen LogP contribution is 2.42. The van der Waals surface area contributed by atoms with Crippen LogP contribution >= 0.6 is 0 Å². The van der Waals surface area contributed by atoms with Gasteiger partial charge in [-0.3, -0.25) is 14.9 Å². The van der Waals surface area contributed by atoms with Gasteiger partial charge < -0.3 is 19.2 Å². The summed E-state index contributed by atoms with van der Waals surface area (Å²) in [4.78, 5) is 39.1.